The number of benzene rings is 8. The van der Waals surface area contributed by atoms with E-state index in [9.17, 15) is 0 Å². The Kier molecular flexibility index (Phi) is 17.5. The molecule has 1 aliphatic rings. The molecule has 1 aliphatic heterocycles. The van der Waals surface area contributed by atoms with Crippen LogP contribution in [0.3, 0.4) is 0 Å². The molecule has 68 heavy (non-hydrogen) atoms. The molecule has 11 rings (SSSR count). The molecule has 0 spiro atoms. The van der Waals surface area contributed by atoms with Gasteiger partial charge in [0.2, 0.25) is 0 Å². The van der Waals surface area contributed by atoms with Crippen LogP contribution in [0.4, 0.5) is 0 Å². The second-order valence-corrected chi connectivity index (χ2v) is 22.2. The zero-order chi connectivity index (χ0) is 47.2. The molecule has 0 aliphatic carbocycles. The molecule has 0 amide bonds. The van der Waals surface area contributed by atoms with Crippen LogP contribution in [0.1, 0.15) is 62.8 Å². The van der Waals surface area contributed by atoms with E-state index in [0.717, 1.165) is 35.2 Å². The van der Waals surface area contributed by atoms with Gasteiger partial charge in [0, 0.05) is 0 Å². The maximum atomic E-state index is 4.93. The van der Waals surface area contributed by atoms with Crippen LogP contribution in [0.2, 0.25) is 0 Å². The minimum Gasteiger partial charge on any atom is -0.184 e. The van der Waals surface area contributed by atoms with Gasteiger partial charge in [-0.05, 0) is 59.1 Å². The third-order valence-electron chi connectivity index (χ3n) is 12.8. The minimum atomic E-state index is -0.826. The Hall–Kier alpha value is -5.34. The van der Waals surface area contributed by atoms with Crippen molar-refractivity contribution in [1.82, 2.24) is 0 Å². The molecule has 0 atom stereocenters. The van der Waals surface area contributed by atoms with Gasteiger partial charge in [0.25, 0.3) is 0 Å². The van der Waals surface area contributed by atoms with Crippen LogP contribution in [0.15, 0.2) is 200 Å². The average Bonchev–Trinajstić information content (AvgIpc) is 4.12. The Bertz CT molecular complexity index is 2980. The normalized spacial score (nSPS) is 11.1. The van der Waals surface area contributed by atoms with E-state index in [2.05, 4.69) is 228 Å². The summed E-state index contributed by atoms with van der Waals surface area (Å²) in [4.78, 5) is 0. The van der Waals surface area contributed by atoms with Crippen LogP contribution in [0.5, 0.6) is 0 Å². The number of fused-ring (bicyclic) bond motifs is 5. The summed E-state index contributed by atoms with van der Waals surface area (Å²) in [5.74, 6) is 0. The van der Waals surface area contributed by atoms with Crippen LogP contribution in [-0.2, 0) is 46.5 Å². The summed E-state index contributed by atoms with van der Waals surface area (Å²) in [6.07, 6.45) is 6.76. The van der Waals surface area contributed by atoms with Crippen molar-refractivity contribution < 1.29 is 20.8 Å². The zero-order valence-corrected chi connectivity index (χ0v) is 44.5. The summed E-state index contributed by atoms with van der Waals surface area (Å²) < 4.78 is 0. The smallest absolute Gasteiger partial charge is 0.0920 e. The van der Waals surface area contributed by atoms with Crippen molar-refractivity contribution in [2.75, 3.05) is 0 Å². The first-order chi connectivity index (χ1) is 33.5. The van der Waals surface area contributed by atoms with Crippen molar-refractivity contribution in [2.45, 2.75) is 66.2 Å². The Balaban J connectivity index is 0.000000140. The third kappa shape index (κ3) is 11.2. The fourth-order valence-corrected chi connectivity index (χ4v) is 11.0. The Morgan fingerprint density at radius 2 is 0.868 bits per heavy atom. The Morgan fingerprint density at radius 1 is 0.456 bits per heavy atom. The average molecular weight is 1020 g/mol. The van der Waals surface area contributed by atoms with E-state index in [-0.39, 0.29) is 0 Å². The molecule has 338 valence electrons. The third-order valence-corrected chi connectivity index (χ3v) is 14.2. The molecule has 4 heteroatoms. The number of rotatable bonds is 10. The van der Waals surface area contributed by atoms with Gasteiger partial charge in [0.15, 0.2) is 0 Å². The molecule has 10 aromatic carbocycles. The van der Waals surface area contributed by atoms with Crippen LogP contribution < -0.4 is 10.4 Å². The first-order valence-electron chi connectivity index (χ1n) is 24.0. The summed E-state index contributed by atoms with van der Waals surface area (Å²) in [5.41, 5.74) is 19.2. The van der Waals surface area contributed by atoms with E-state index in [1.165, 1.54) is 123 Å². The summed E-state index contributed by atoms with van der Waals surface area (Å²) >= 11 is -0.826. The van der Waals surface area contributed by atoms with Gasteiger partial charge < -0.3 is 0 Å². The van der Waals surface area contributed by atoms with Crippen molar-refractivity contribution in [3.63, 3.8) is 0 Å². The van der Waals surface area contributed by atoms with Gasteiger partial charge in [0.1, 0.15) is 0 Å². The van der Waals surface area contributed by atoms with Gasteiger partial charge in [-0.3, -0.25) is 0 Å². The largest absolute Gasteiger partial charge is 0.184 e. The Labute approximate surface area is 426 Å². The van der Waals surface area contributed by atoms with Gasteiger partial charge in [-0.1, -0.05) is 207 Å². The number of hydrogen-bond donors (Lipinski definition) is 0. The molecule has 2 radical (unpaired) electrons. The molecule has 0 saturated carbocycles. The molecule has 0 nitrogen and oxygen atoms in total. The van der Waals surface area contributed by atoms with Gasteiger partial charge >= 0.3 is 37.9 Å². The molecule has 0 fully saturated rings. The molecule has 0 unspecified atom stereocenters. The van der Waals surface area contributed by atoms with Gasteiger partial charge in [-0.25, -0.2) is 0 Å². The summed E-state index contributed by atoms with van der Waals surface area (Å²) in [7, 11) is 10.7. The second kappa shape index (κ2) is 24.3. The van der Waals surface area contributed by atoms with Crippen molar-refractivity contribution in [1.29, 1.82) is 0 Å². The van der Waals surface area contributed by atoms with Crippen LogP contribution in [0, 0.1) is 6.07 Å². The predicted octanol–water partition coefficient (Wildman–Crippen LogP) is 17.3. The minimum absolute atomic E-state index is 0.795. The molecule has 0 N–H and O–H groups in total. The molecule has 0 aromatic heterocycles. The standard InChI is InChI=1S/2C26H25.C12H7Si.2ClH.Zr/c2*1-3-10-19-17-22-16-15-20(4-2)26(25(22)18-19)24-14-9-8-13-23(24)21-11-6-5-7-12-21;1-3-7-11-9(5-1)10-6-2-4-8-12(10)13-11;;;/h2*5-9,11-18H,3-4,10H2,1-2H3;1-7H;2*1H;/q3*-1;;;+2/p-2. The Morgan fingerprint density at radius 3 is 1.32 bits per heavy atom. The molecular formula is C64H57Cl2SiZr-3. The SMILES string of the molecule is CCCc1cc2c(-c3ccccc3-c3ccccc3)c(CC)ccc2[cH-]1.CCCc1cc2c(-c3ccccc3-c3ccccc3)c(CC)ccc2[cH-]1.[Cl][Zr][Cl].[c-]1cccc2c1[Si]c1ccccc1-2. The predicted molar refractivity (Wildman–Crippen MR) is 295 cm³/mol. The van der Waals surface area contributed by atoms with E-state index in [0.29, 0.717) is 0 Å². The molecule has 1 heterocycles. The fraction of sp³-hybridized carbons (Fsp3) is 0.156. The maximum absolute atomic E-state index is 4.93. The number of aryl methyl sites for hydroxylation is 4. The van der Waals surface area contributed by atoms with E-state index < -0.39 is 20.8 Å². The molecule has 10 aromatic rings. The zero-order valence-electron chi connectivity index (χ0n) is 39.6. The summed E-state index contributed by atoms with van der Waals surface area (Å²) in [6.45, 7) is 9.01. The van der Waals surface area contributed by atoms with Gasteiger partial charge in [-0.2, -0.15) is 41.6 Å². The van der Waals surface area contributed by atoms with Gasteiger partial charge in [-0.15, -0.1) is 74.6 Å². The quantitative estimate of drug-likeness (QED) is 0.0946. The fourth-order valence-electron chi connectivity index (χ4n) is 9.74. The van der Waals surface area contributed by atoms with Crippen LogP contribution in [-0.4, -0.2) is 9.52 Å². The van der Waals surface area contributed by atoms with E-state index in [1.807, 2.05) is 6.07 Å². The maximum Gasteiger partial charge on any atom is 0.0920 e. The van der Waals surface area contributed by atoms with Crippen molar-refractivity contribution in [3.05, 3.63) is 229 Å². The summed E-state index contributed by atoms with van der Waals surface area (Å²) in [6, 6.07) is 76.1. The first-order valence-corrected chi connectivity index (χ1v) is 31.4. The monoisotopic (exact) mass is 1010 g/mol. The van der Waals surface area contributed by atoms with Crippen molar-refractivity contribution >= 4 is 58.5 Å². The van der Waals surface area contributed by atoms with Crippen LogP contribution >= 0.6 is 17.0 Å². The van der Waals surface area contributed by atoms with Gasteiger partial charge in [0.05, 0.1) is 9.52 Å². The van der Waals surface area contributed by atoms with E-state index in [1.54, 1.807) is 0 Å². The molecule has 0 bridgehead atoms. The second-order valence-electron chi connectivity index (χ2n) is 17.2. The topological polar surface area (TPSA) is 0 Å². The molecular weight excluding hydrogens is 959 g/mol. The van der Waals surface area contributed by atoms with E-state index in [4.69, 9.17) is 17.0 Å². The summed E-state index contributed by atoms with van der Waals surface area (Å²) in [5, 5.41) is 8.35. The number of halogens is 2. The van der Waals surface area contributed by atoms with E-state index >= 15 is 0 Å². The van der Waals surface area contributed by atoms with Crippen LogP contribution in [0.25, 0.3) is 77.2 Å². The first kappa shape index (κ1) is 49.1. The molecule has 0 saturated heterocycles. The van der Waals surface area contributed by atoms with Crippen molar-refractivity contribution in [3.8, 4) is 55.6 Å². The van der Waals surface area contributed by atoms with Crippen molar-refractivity contribution in [2.24, 2.45) is 0 Å². The number of hydrogen-bond acceptors (Lipinski definition) is 0.